The van der Waals surface area contributed by atoms with Crippen LogP contribution in [0.1, 0.15) is 27.7 Å². The first kappa shape index (κ1) is 26.5. The number of pyridine rings is 1. The molecule has 1 fully saturated rings. The van der Waals surface area contributed by atoms with Gasteiger partial charge in [0.15, 0.2) is 5.13 Å². The van der Waals surface area contributed by atoms with Crippen molar-refractivity contribution in [1.82, 2.24) is 14.9 Å². The molecule has 3 heterocycles. The van der Waals surface area contributed by atoms with Crippen molar-refractivity contribution in [3.05, 3.63) is 70.9 Å². The lowest BCUT2D eigenvalue weighted by Gasteiger charge is -2.37. The van der Waals surface area contributed by atoms with Crippen LogP contribution in [0.3, 0.4) is 0 Å². The van der Waals surface area contributed by atoms with Gasteiger partial charge in [0.25, 0.3) is 5.91 Å². The molecule has 1 amide bonds. The summed E-state index contributed by atoms with van der Waals surface area (Å²) < 4.78 is 79.4. The van der Waals surface area contributed by atoms with Gasteiger partial charge in [-0.3, -0.25) is 15.1 Å². The van der Waals surface area contributed by atoms with E-state index in [4.69, 9.17) is 0 Å². The molecule has 0 atom stereocenters. The summed E-state index contributed by atoms with van der Waals surface area (Å²) in [7, 11) is 0. The zero-order chi connectivity index (χ0) is 27.0. The number of benzene rings is 1. The summed E-state index contributed by atoms with van der Waals surface area (Å²) >= 11 is 0.215. The second-order valence-corrected chi connectivity index (χ2v) is 9.33. The van der Waals surface area contributed by atoms with E-state index in [-0.39, 0.29) is 27.7 Å². The molecule has 0 saturated carbocycles. The topological polar surface area (TPSA) is 61.4 Å². The third-order valence-electron chi connectivity index (χ3n) is 5.75. The molecule has 13 heteroatoms. The standard InChI is InChI=1S/C24H21F6N5OS/c1-14(2)34-9-11-35(12-10-34)17-7-8-18(31-13-17)19-20(24(28,29)30)37-22(32-19)33-21(36)15-3-5-16(6-4-15)23(25,26)27/h3-8,13H,1,9-12H2,2H3,(H,32,33,36). The molecule has 6 nitrogen and oxygen atoms in total. The van der Waals surface area contributed by atoms with Crippen LogP contribution in [0.15, 0.2) is 54.9 Å². The average molecular weight is 542 g/mol. The Morgan fingerprint density at radius 2 is 1.62 bits per heavy atom. The molecule has 1 aliphatic heterocycles. The van der Waals surface area contributed by atoms with Crippen molar-refractivity contribution < 1.29 is 31.1 Å². The molecule has 0 aliphatic carbocycles. The van der Waals surface area contributed by atoms with Crippen LogP contribution >= 0.6 is 11.3 Å². The van der Waals surface area contributed by atoms with Gasteiger partial charge in [0.2, 0.25) is 0 Å². The summed E-state index contributed by atoms with van der Waals surface area (Å²) in [5.74, 6) is -0.889. The van der Waals surface area contributed by atoms with Crippen LogP contribution in [0.2, 0.25) is 0 Å². The fraction of sp³-hybridized carbons (Fsp3) is 0.292. The third-order valence-corrected chi connectivity index (χ3v) is 6.77. The quantitative estimate of drug-likeness (QED) is 0.393. The van der Waals surface area contributed by atoms with Gasteiger partial charge in [0.05, 0.1) is 23.1 Å². The zero-order valence-electron chi connectivity index (χ0n) is 19.5. The molecule has 0 spiro atoms. The lowest BCUT2D eigenvalue weighted by atomic mass is 10.1. The van der Waals surface area contributed by atoms with Crippen LogP contribution < -0.4 is 10.2 Å². The third kappa shape index (κ3) is 6.04. The lowest BCUT2D eigenvalue weighted by Crippen LogP contribution is -2.45. The number of allylic oxidation sites excluding steroid dienone is 1. The Balaban J connectivity index is 1.53. The summed E-state index contributed by atoms with van der Waals surface area (Å²) in [4.78, 5) is 23.7. The molecular weight excluding hydrogens is 520 g/mol. The predicted octanol–water partition coefficient (Wildman–Crippen LogP) is 6.15. The van der Waals surface area contributed by atoms with E-state index in [2.05, 4.69) is 31.7 Å². The number of anilines is 2. The highest BCUT2D eigenvalue weighted by atomic mass is 32.1. The highest BCUT2D eigenvalue weighted by molar-refractivity contribution is 7.16. The largest absolute Gasteiger partial charge is 0.427 e. The van der Waals surface area contributed by atoms with Crippen molar-refractivity contribution in [1.29, 1.82) is 0 Å². The summed E-state index contributed by atoms with van der Waals surface area (Å²) in [5.41, 5.74) is 0.142. The van der Waals surface area contributed by atoms with Crippen molar-refractivity contribution in [3.63, 3.8) is 0 Å². The maximum atomic E-state index is 13.7. The number of hydrogen-bond donors (Lipinski definition) is 1. The minimum Gasteiger partial charge on any atom is -0.372 e. The van der Waals surface area contributed by atoms with Crippen LogP contribution in [0.5, 0.6) is 0 Å². The summed E-state index contributed by atoms with van der Waals surface area (Å²) in [6.07, 6.45) is -7.86. The van der Waals surface area contributed by atoms with E-state index < -0.39 is 34.4 Å². The highest BCUT2D eigenvalue weighted by Gasteiger charge is 2.38. The van der Waals surface area contributed by atoms with Crippen LogP contribution in [-0.2, 0) is 12.4 Å². The second-order valence-electron chi connectivity index (χ2n) is 8.33. The van der Waals surface area contributed by atoms with Crippen LogP contribution in [0.25, 0.3) is 11.4 Å². The summed E-state index contributed by atoms with van der Waals surface area (Å²) in [5, 5.41) is 1.88. The number of halogens is 6. The Hall–Kier alpha value is -3.61. The minimum atomic E-state index is -4.76. The second kappa shape index (κ2) is 10.0. The Morgan fingerprint density at radius 1 is 0.973 bits per heavy atom. The molecule has 4 rings (SSSR count). The highest BCUT2D eigenvalue weighted by Crippen LogP contribution is 2.42. The molecular formula is C24H21F6N5OS. The number of hydrogen-bond acceptors (Lipinski definition) is 6. The van der Waals surface area contributed by atoms with Crippen molar-refractivity contribution in [2.45, 2.75) is 19.3 Å². The van der Waals surface area contributed by atoms with Gasteiger partial charge in [-0.15, -0.1) is 0 Å². The number of piperazine rings is 1. The Morgan fingerprint density at radius 3 is 2.14 bits per heavy atom. The van der Waals surface area contributed by atoms with Gasteiger partial charge < -0.3 is 9.80 Å². The molecule has 196 valence electrons. The number of carbonyl (C=O) groups excluding carboxylic acids is 1. The molecule has 0 radical (unpaired) electrons. The van der Waals surface area contributed by atoms with E-state index in [0.29, 0.717) is 25.2 Å². The number of carbonyl (C=O) groups is 1. The van der Waals surface area contributed by atoms with Gasteiger partial charge in [0, 0.05) is 37.4 Å². The van der Waals surface area contributed by atoms with Crippen LogP contribution in [-0.4, -0.2) is 47.0 Å². The molecule has 37 heavy (non-hydrogen) atoms. The van der Waals surface area contributed by atoms with Gasteiger partial charge in [0.1, 0.15) is 10.6 Å². The fourth-order valence-corrected chi connectivity index (χ4v) is 4.62. The van der Waals surface area contributed by atoms with E-state index in [9.17, 15) is 31.1 Å². The molecule has 0 bridgehead atoms. The van der Waals surface area contributed by atoms with Gasteiger partial charge in [-0.05, 0) is 43.3 Å². The molecule has 0 unspecified atom stereocenters. The minimum absolute atomic E-state index is 0.0251. The number of alkyl halides is 6. The van der Waals surface area contributed by atoms with Crippen LogP contribution in [0, 0.1) is 0 Å². The number of rotatable bonds is 5. The molecule has 1 saturated heterocycles. The van der Waals surface area contributed by atoms with E-state index in [1.165, 1.54) is 12.3 Å². The van der Waals surface area contributed by atoms with E-state index in [1.54, 1.807) is 6.07 Å². The van der Waals surface area contributed by atoms with E-state index >= 15 is 0 Å². The van der Waals surface area contributed by atoms with Gasteiger partial charge >= 0.3 is 12.4 Å². The fourth-order valence-electron chi connectivity index (χ4n) is 3.78. The predicted molar refractivity (Wildman–Crippen MR) is 128 cm³/mol. The zero-order valence-corrected chi connectivity index (χ0v) is 20.3. The van der Waals surface area contributed by atoms with Crippen molar-refractivity contribution >= 4 is 28.1 Å². The van der Waals surface area contributed by atoms with Crippen molar-refractivity contribution in [3.8, 4) is 11.4 Å². The van der Waals surface area contributed by atoms with Crippen molar-refractivity contribution in [2.24, 2.45) is 0 Å². The molecule has 3 aromatic rings. The van der Waals surface area contributed by atoms with E-state index in [0.717, 1.165) is 36.6 Å². The molecule has 1 aromatic carbocycles. The van der Waals surface area contributed by atoms with Gasteiger partial charge in [-0.25, -0.2) is 4.98 Å². The summed E-state index contributed by atoms with van der Waals surface area (Å²) in [6.45, 7) is 8.81. The van der Waals surface area contributed by atoms with Crippen molar-refractivity contribution in [2.75, 3.05) is 36.4 Å². The number of nitrogens with zero attached hydrogens (tertiary/aromatic N) is 4. The average Bonchev–Trinajstić information content (AvgIpc) is 3.28. The Kier molecular flexibility index (Phi) is 7.18. The maximum Gasteiger partial charge on any atom is 0.427 e. The monoisotopic (exact) mass is 541 g/mol. The smallest absolute Gasteiger partial charge is 0.372 e. The number of aromatic nitrogens is 2. The van der Waals surface area contributed by atoms with Gasteiger partial charge in [-0.1, -0.05) is 17.9 Å². The first-order valence-electron chi connectivity index (χ1n) is 11.0. The maximum absolute atomic E-state index is 13.7. The Bertz CT molecular complexity index is 1280. The normalized spacial score (nSPS) is 14.6. The summed E-state index contributed by atoms with van der Waals surface area (Å²) in [6, 6.07) is 6.41. The Labute approximate surface area is 212 Å². The first-order chi connectivity index (χ1) is 17.3. The van der Waals surface area contributed by atoms with Crippen LogP contribution in [0.4, 0.5) is 37.2 Å². The first-order valence-corrected chi connectivity index (χ1v) is 11.8. The number of amides is 1. The molecule has 1 aliphatic rings. The lowest BCUT2D eigenvalue weighted by molar-refractivity contribution is -0.137. The van der Waals surface area contributed by atoms with Gasteiger partial charge in [-0.2, -0.15) is 26.3 Å². The molecule has 2 aromatic heterocycles. The SMILES string of the molecule is C=C(C)N1CCN(c2ccc(-c3nc(NC(=O)c4ccc(C(F)(F)F)cc4)sc3C(F)(F)F)nc2)CC1. The molecule has 1 N–H and O–H groups in total. The number of thiazole rings is 1. The van der Waals surface area contributed by atoms with E-state index in [1.807, 2.05) is 6.92 Å². The number of nitrogens with one attached hydrogen (secondary N) is 1.